The van der Waals surface area contributed by atoms with Gasteiger partial charge >= 0.3 is 0 Å². The summed E-state index contributed by atoms with van der Waals surface area (Å²) in [5.74, 6) is -0.107. The highest BCUT2D eigenvalue weighted by Gasteiger charge is 2.09. The van der Waals surface area contributed by atoms with E-state index in [0.29, 0.717) is 16.9 Å². The third-order valence-electron chi connectivity index (χ3n) is 2.23. The number of amides is 1. The second-order valence-corrected chi connectivity index (χ2v) is 3.41. The summed E-state index contributed by atoms with van der Waals surface area (Å²) < 4.78 is 0. The van der Waals surface area contributed by atoms with Crippen LogP contribution in [0, 0.1) is 11.3 Å². The first-order valence-electron chi connectivity index (χ1n) is 4.80. The fraction of sp³-hybridized carbons (Fsp3) is 0.273. The van der Waals surface area contributed by atoms with Gasteiger partial charge in [0.25, 0.3) is 0 Å². The molecule has 0 aliphatic rings. The van der Waals surface area contributed by atoms with Gasteiger partial charge in [0.2, 0.25) is 5.91 Å². The van der Waals surface area contributed by atoms with Gasteiger partial charge in [0.05, 0.1) is 29.6 Å². The molecular weight excluding hydrogens is 204 g/mol. The van der Waals surface area contributed by atoms with Gasteiger partial charge in [-0.05, 0) is 18.2 Å². The minimum Gasteiger partial charge on any atom is -0.397 e. The molecule has 1 aromatic rings. The van der Waals surface area contributed by atoms with Crippen LogP contribution in [0.15, 0.2) is 18.2 Å². The Hall–Kier alpha value is -2.22. The number of rotatable bonds is 3. The van der Waals surface area contributed by atoms with Gasteiger partial charge in [0.15, 0.2) is 0 Å². The van der Waals surface area contributed by atoms with Crippen LogP contribution in [-0.2, 0) is 4.79 Å². The van der Waals surface area contributed by atoms with Crippen molar-refractivity contribution in [3.05, 3.63) is 23.8 Å². The van der Waals surface area contributed by atoms with Crippen LogP contribution in [-0.4, -0.2) is 26.5 Å². The van der Waals surface area contributed by atoms with Crippen molar-refractivity contribution in [3.63, 3.8) is 0 Å². The lowest BCUT2D eigenvalue weighted by atomic mass is 10.1. The number of nitrogens with two attached hydrogens (primary N) is 1. The fourth-order valence-electron chi connectivity index (χ4n) is 1.32. The minimum atomic E-state index is -0.107. The van der Waals surface area contributed by atoms with Crippen molar-refractivity contribution in [1.82, 2.24) is 5.32 Å². The van der Waals surface area contributed by atoms with Crippen LogP contribution in [0.4, 0.5) is 11.4 Å². The van der Waals surface area contributed by atoms with E-state index >= 15 is 0 Å². The summed E-state index contributed by atoms with van der Waals surface area (Å²) in [5, 5.41) is 11.3. The highest BCUT2D eigenvalue weighted by Crippen LogP contribution is 2.22. The molecule has 3 N–H and O–H groups in total. The number of nitrogens with one attached hydrogen (secondary N) is 1. The normalized spacial score (nSPS) is 9.31. The first kappa shape index (κ1) is 11.9. The molecule has 0 aliphatic carbocycles. The fourth-order valence-corrected chi connectivity index (χ4v) is 1.32. The third-order valence-corrected chi connectivity index (χ3v) is 2.23. The smallest absolute Gasteiger partial charge is 0.239 e. The summed E-state index contributed by atoms with van der Waals surface area (Å²) in [4.78, 5) is 12.9. The van der Waals surface area contributed by atoms with Gasteiger partial charge in [-0.3, -0.25) is 4.79 Å². The molecule has 84 valence electrons. The Morgan fingerprint density at radius 3 is 2.88 bits per heavy atom. The zero-order valence-electron chi connectivity index (χ0n) is 9.32. The molecule has 1 aromatic carbocycles. The Kier molecular flexibility index (Phi) is 3.72. The van der Waals surface area contributed by atoms with Crippen LogP contribution < -0.4 is 16.0 Å². The summed E-state index contributed by atoms with van der Waals surface area (Å²) >= 11 is 0. The number of benzene rings is 1. The highest BCUT2D eigenvalue weighted by molar-refractivity contribution is 5.82. The third kappa shape index (κ3) is 2.64. The maximum Gasteiger partial charge on any atom is 0.239 e. The predicted octanol–water partition coefficient (Wildman–Crippen LogP) is 0.323. The number of hydrogen-bond acceptors (Lipinski definition) is 4. The minimum absolute atomic E-state index is 0.107. The van der Waals surface area contributed by atoms with Gasteiger partial charge in [-0.2, -0.15) is 5.26 Å². The number of nitriles is 1. The van der Waals surface area contributed by atoms with E-state index in [9.17, 15) is 4.79 Å². The number of carbonyl (C=O) groups is 1. The Morgan fingerprint density at radius 1 is 1.62 bits per heavy atom. The van der Waals surface area contributed by atoms with E-state index in [0.717, 1.165) is 0 Å². The largest absolute Gasteiger partial charge is 0.397 e. The zero-order valence-corrected chi connectivity index (χ0v) is 9.32. The number of anilines is 2. The number of hydrogen-bond donors (Lipinski definition) is 2. The maximum atomic E-state index is 11.2. The van der Waals surface area contributed by atoms with Gasteiger partial charge in [-0.15, -0.1) is 0 Å². The molecule has 0 aromatic heterocycles. The molecule has 0 radical (unpaired) electrons. The summed E-state index contributed by atoms with van der Waals surface area (Å²) in [6.45, 7) is 0.204. The molecule has 16 heavy (non-hydrogen) atoms. The molecule has 0 bridgehead atoms. The average Bonchev–Trinajstić information content (AvgIpc) is 2.29. The van der Waals surface area contributed by atoms with Crippen LogP contribution in [0.3, 0.4) is 0 Å². The van der Waals surface area contributed by atoms with Crippen molar-refractivity contribution in [2.75, 3.05) is 31.3 Å². The summed E-state index contributed by atoms with van der Waals surface area (Å²) in [6.07, 6.45) is 0. The van der Waals surface area contributed by atoms with Gasteiger partial charge < -0.3 is 16.0 Å². The van der Waals surface area contributed by atoms with Gasteiger partial charge in [0, 0.05) is 14.1 Å². The van der Waals surface area contributed by atoms with E-state index in [1.165, 1.54) is 0 Å². The van der Waals surface area contributed by atoms with Crippen molar-refractivity contribution in [1.29, 1.82) is 5.26 Å². The molecule has 5 nitrogen and oxygen atoms in total. The second kappa shape index (κ2) is 5.03. The Morgan fingerprint density at radius 2 is 2.31 bits per heavy atom. The molecule has 0 saturated carbocycles. The highest BCUT2D eigenvalue weighted by atomic mass is 16.1. The van der Waals surface area contributed by atoms with E-state index in [2.05, 4.69) is 5.32 Å². The topological polar surface area (TPSA) is 82.2 Å². The van der Waals surface area contributed by atoms with Gasteiger partial charge in [-0.25, -0.2) is 0 Å². The SMILES string of the molecule is CNC(=O)CN(C)c1cc(C#N)ccc1N. The van der Waals surface area contributed by atoms with Crippen molar-refractivity contribution in [2.45, 2.75) is 0 Å². The Balaban J connectivity index is 2.94. The number of nitrogen functional groups attached to an aromatic ring is 1. The van der Waals surface area contributed by atoms with E-state index in [1.54, 1.807) is 37.2 Å². The molecule has 0 unspecified atom stereocenters. The van der Waals surface area contributed by atoms with Crippen LogP contribution in [0.2, 0.25) is 0 Å². The monoisotopic (exact) mass is 218 g/mol. The number of nitrogens with zero attached hydrogens (tertiary/aromatic N) is 2. The molecule has 0 spiro atoms. The molecule has 0 aliphatic heterocycles. The molecule has 0 saturated heterocycles. The molecule has 0 atom stereocenters. The van der Waals surface area contributed by atoms with Crippen molar-refractivity contribution >= 4 is 17.3 Å². The van der Waals surface area contributed by atoms with Gasteiger partial charge in [-0.1, -0.05) is 0 Å². The summed E-state index contributed by atoms with van der Waals surface area (Å²) in [6, 6.07) is 7.01. The lowest BCUT2D eigenvalue weighted by Crippen LogP contribution is -2.33. The lowest BCUT2D eigenvalue weighted by molar-refractivity contribution is -0.119. The first-order chi connectivity index (χ1) is 7.58. The predicted molar refractivity (Wildman–Crippen MR) is 62.9 cm³/mol. The quantitative estimate of drug-likeness (QED) is 0.716. The molecule has 5 heteroatoms. The average molecular weight is 218 g/mol. The van der Waals surface area contributed by atoms with Crippen molar-refractivity contribution < 1.29 is 4.79 Å². The molecular formula is C11H14N4O. The molecule has 0 fully saturated rings. The molecule has 1 amide bonds. The van der Waals surface area contributed by atoms with Gasteiger partial charge in [0.1, 0.15) is 0 Å². The molecule has 0 heterocycles. The first-order valence-corrected chi connectivity index (χ1v) is 4.80. The Bertz CT molecular complexity index is 436. The molecule has 1 rings (SSSR count). The van der Waals surface area contributed by atoms with Crippen LogP contribution in [0.1, 0.15) is 5.56 Å². The van der Waals surface area contributed by atoms with Crippen LogP contribution in [0.5, 0.6) is 0 Å². The number of carbonyl (C=O) groups excluding carboxylic acids is 1. The lowest BCUT2D eigenvalue weighted by Gasteiger charge is -2.20. The zero-order chi connectivity index (χ0) is 12.1. The van der Waals surface area contributed by atoms with E-state index in [-0.39, 0.29) is 12.5 Å². The number of likely N-dealkylation sites (N-methyl/N-ethyl adjacent to an activating group) is 2. The second-order valence-electron chi connectivity index (χ2n) is 3.41. The maximum absolute atomic E-state index is 11.2. The summed E-state index contributed by atoms with van der Waals surface area (Å²) in [7, 11) is 3.33. The Labute approximate surface area is 94.5 Å². The van der Waals surface area contributed by atoms with E-state index in [1.807, 2.05) is 6.07 Å². The van der Waals surface area contributed by atoms with Crippen LogP contribution >= 0.6 is 0 Å². The van der Waals surface area contributed by atoms with Crippen molar-refractivity contribution in [2.24, 2.45) is 0 Å². The van der Waals surface area contributed by atoms with Crippen molar-refractivity contribution in [3.8, 4) is 6.07 Å². The summed E-state index contributed by atoms with van der Waals surface area (Å²) in [5.41, 5.74) is 7.53. The van der Waals surface area contributed by atoms with E-state index in [4.69, 9.17) is 11.0 Å². The standard InChI is InChI=1S/C11H14N4O/c1-14-11(16)7-15(2)10-5-8(6-12)3-4-9(10)13/h3-5H,7,13H2,1-2H3,(H,14,16). The van der Waals surface area contributed by atoms with Crippen LogP contribution in [0.25, 0.3) is 0 Å². The van der Waals surface area contributed by atoms with E-state index < -0.39 is 0 Å².